The van der Waals surface area contributed by atoms with Gasteiger partial charge in [0.25, 0.3) is 5.91 Å². The molecule has 8 heteroatoms. The highest BCUT2D eigenvalue weighted by Gasteiger charge is 2.26. The van der Waals surface area contributed by atoms with Crippen LogP contribution in [0.25, 0.3) is 10.2 Å². The van der Waals surface area contributed by atoms with Crippen molar-refractivity contribution in [3.05, 3.63) is 78.1 Å². The highest BCUT2D eigenvalue weighted by atomic mass is 32.1. The van der Waals surface area contributed by atoms with Crippen molar-refractivity contribution in [1.82, 2.24) is 15.3 Å². The number of rotatable bonds is 8. The maximum absolute atomic E-state index is 11.8. The number of nitrogens with one attached hydrogen (secondary N) is 2. The minimum atomic E-state index is -0.252. The van der Waals surface area contributed by atoms with Crippen molar-refractivity contribution in [1.29, 1.82) is 0 Å². The van der Waals surface area contributed by atoms with Crippen molar-refractivity contribution < 1.29 is 14.3 Å². The van der Waals surface area contributed by atoms with E-state index in [1.807, 2.05) is 36.4 Å². The number of carbonyl (C=O) groups excluding carboxylic acids is 1. The molecule has 1 unspecified atom stereocenters. The number of fused-ring (bicyclic) bond motifs is 1. The van der Waals surface area contributed by atoms with Gasteiger partial charge in [-0.15, -0.1) is 0 Å². The van der Waals surface area contributed by atoms with E-state index in [-0.39, 0.29) is 18.1 Å². The molecule has 2 aromatic heterocycles. The summed E-state index contributed by atoms with van der Waals surface area (Å²) in [6, 6.07) is 19.7. The Morgan fingerprint density at radius 3 is 2.74 bits per heavy atom. The number of thiazole rings is 1. The molecule has 35 heavy (non-hydrogen) atoms. The van der Waals surface area contributed by atoms with Crippen LogP contribution in [0.1, 0.15) is 41.7 Å². The fraction of sp³-hybridized carbons (Fsp3) is 0.296. The van der Waals surface area contributed by atoms with Gasteiger partial charge in [-0.3, -0.25) is 9.78 Å². The van der Waals surface area contributed by atoms with E-state index in [2.05, 4.69) is 27.8 Å². The number of anilines is 1. The van der Waals surface area contributed by atoms with Crippen molar-refractivity contribution in [2.75, 3.05) is 12.4 Å². The largest absolute Gasteiger partial charge is 0.457 e. The second-order valence-corrected chi connectivity index (χ2v) is 9.61. The molecule has 4 aromatic rings. The molecule has 5 rings (SSSR count). The summed E-state index contributed by atoms with van der Waals surface area (Å²) in [6.45, 7) is 0.626. The standard InChI is InChI=1S/C27H28N4O3S/c1-28-26(32)23-15-20(13-14-29-23)34-19-11-12-22-25(16-19)35-27(31-22)30-21-9-5-6-10-24(21)33-17-18-7-3-2-4-8-18/h2-4,7-8,11-16,21,24H,5-6,9-10,17H2,1H3,(H,28,32)(H,30,31)/t21-,24?/m1/s1. The zero-order chi connectivity index (χ0) is 24.0. The topological polar surface area (TPSA) is 85.4 Å². The maximum Gasteiger partial charge on any atom is 0.269 e. The number of hydrogen-bond donors (Lipinski definition) is 2. The smallest absolute Gasteiger partial charge is 0.269 e. The van der Waals surface area contributed by atoms with Gasteiger partial charge in [0.1, 0.15) is 17.2 Å². The molecule has 180 valence electrons. The van der Waals surface area contributed by atoms with Crippen LogP contribution in [0, 0.1) is 0 Å². The molecule has 2 heterocycles. The minimum absolute atomic E-state index is 0.163. The maximum atomic E-state index is 11.8. The van der Waals surface area contributed by atoms with Crippen LogP contribution in [0.15, 0.2) is 66.9 Å². The molecule has 0 radical (unpaired) electrons. The molecule has 2 atom stereocenters. The van der Waals surface area contributed by atoms with E-state index < -0.39 is 0 Å². The highest BCUT2D eigenvalue weighted by Crippen LogP contribution is 2.33. The quantitative estimate of drug-likeness (QED) is 0.327. The zero-order valence-corrected chi connectivity index (χ0v) is 20.4. The van der Waals surface area contributed by atoms with Gasteiger partial charge in [-0.05, 0) is 36.6 Å². The van der Waals surface area contributed by atoms with E-state index in [4.69, 9.17) is 14.5 Å². The van der Waals surface area contributed by atoms with Gasteiger partial charge < -0.3 is 20.1 Å². The molecule has 1 aliphatic rings. The average molecular weight is 489 g/mol. The van der Waals surface area contributed by atoms with Crippen molar-refractivity contribution in [2.45, 2.75) is 44.4 Å². The van der Waals surface area contributed by atoms with Crippen LogP contribution >= 0.6 is 11.3 Å². The predicted molar refractivity (Wildman–Crippen MR) is 138 cm³/mol. The average Bonchev–Trinajstić information content (AvgIpc) is 3.30. The molecule has 0 saturated heterocycles. The highest BCUT2D eigenvalue weighted by molar-refractivity contribution is 7.22. The molecule has 1 fully saturated rings. The second-order valence-electron chi connectivity index (χ2n) is 8.58. The molecule has 2 aromatic carbocycles. The number of carbonyl (C=O) groups is 1. The molecule has 2 N–H and O–H groups in total. The summed E-state index contributed by atoms with van der Waals surface area (Å²) in [5, 5.41) is 7.11. The predicted octanol–water partition coefficient (Wildman–Crippen LogP) is 5.78. The number of benzene rings is 2. The summed E-state index contributed by atoms with van der Waals surface area (Å²) >= 11 is 1.61. The zero-order valence-electron chi connectivity index (χ0n) is 19.6. The Kier molecular flexibility index (Phi) is 7.20. The first kappa shape index (κ1) is 23.3. The third-order valence-corrected chi connectivity index (χ3v) is 7.05. The molecular formula is C27H28N4O3S. The molecule has 1 saturated carbocycles. The fourth-order valence-corrected chi connectivity index (χ4v) is 5.25. The Balaban J connectivity index is 1.26. The minimum Gasteiger partial charge on any atom is -0.457 e. The lowest BCUT2D eigenvalue weighted by molar-refractivity contribution is 0.00884. The summed E-state index contributed by atoms with van der Waals surface area (Å²) in [5.74, 6) is 0.989. The van der Waals surface area contributed by atoms with Crippen molar-refractivity contribution in [3.8, 4) is 11.5 Å². The van der Waals surface area contributed by atoms with Crippen molar-refractivity contribution in [2.24, 2.45) is 0 Å². The van der Waals surface area contributed by atoms with Gasteiger partial charge in [0, 0.05) is 25.4 Å². The van der Waals surface area contributed by atoms with E-state index in [0.29, 0.717) is 23.8 Å². The van der Waals surface area contributed by atoms with Gasteiger partial charge in [-0.1, -0.05) is 54.5 Å². The number of aromatic nitrogens is 2. The van der Waals surface area contributed by atoms with Crippen LogP contribution < -0.4 is 15.4 Å². The number of ether oxygens (including phenoxy) is 2. The third-order valence-electron chi connectivity index (χ3n) is 6.11. The van der Waals surface area contributed by atoms with E-state index in [0.717, 1.165) is 28.2 Å². The van der Waals surface area contributed by atoms with E-state index >= 15 is 0 Å². The lowest BCUT2D eigenvalue weighted by Crippen LogP contribution is -2.38. The van der Waals surface area contributed by atoms with E-state index in [9.17, 15) is 4.79 Å². The van der Waals surface area contributed by atoms with Crippen molar-refractivity contribution in [3.63, 3.8) is 0 Å². The molecule has 0 bridgehead atoms. The monoisotopic (exact) mass is 488 g/mol. The van der Waals surface area contributed by atoms with Gasteiger partial charge in [0.2, 0.25) is 0 Å². The van der Waals surface area contributed by atoms with Crippen LogP contribution in [0.4, 0.5) is 5.13 Å². The number of pyridine rings is 1. The molecule has 1 aliphatic carbocycles. The lowest BCUT2D eigenvalue weighted by Gasteiger charge is -2.32. The Bertz CT molecular complexity index is 1290. The normalized spacial score (nSPS) is 17.7. The Hall–Kier alpha value is -3.49. The molecule has 0 aliphatic heterocycles. The van der Waals surface area contributed by atoms with Crippen molar-refractivity contribution >= 4 is 32.6 Å². The van der Waals surface area contributed by atoms with Crippen LogP contribution in [-0.4, -0.2) is 35.1 Å². The van der Waals surface area contributed by atoms with Crippen LogP contribution in [0.2, 0.25) is 0 Å². The number of nitrogens with zero attached hydrogens (tertiary/aromatic N) is 2. The van der Waals surface area contributed by atoms with Gasteiger partial charge in [0.15, 0.2) is 5.13 Å². The number of amides is 1. The number of hydrogen-bond acceptors (Lipinski definition) is 7. The first-order chi connectivity index (χ1) is 17.2. The first-order valence-corrected chi connectivity index (χ1v) is 12.7. The summed E-state index contributed by atoms with van der Waals surface area (Å²) in [4.78, 5) is 20.7. The van der Waals surface area contributed by atoms with Crippen LogP contribution in [0.5, 0.6) is 11.5 Å². The lowest BCUT2D eigenvalue weighted by atomic mass is 9.92. The SMILES string of the molecule is CNC(=O)c1cc(Oc2ccc3nc(N[C@@H]4CCCCC4OCc4ccccc4)sc3c2)ccn1. The van der Waals surface area contributed by atoms with Gasteiger partial charge >= 0.3 is 0 Å². The third kappa shape index (κ3) is 5.78. The van der Waals surface area contributed by atoms with Gasteiger partial charge in [0.05, 0.1) is 29.0 Å². The first-order valence-electron chi connectivity index (χ1n) is 11.9. The fourth-order valence-electron chi connectivity index (χ4n) is 4.29. The molecule has 7 nitrogen and oxygen atoms in total. The summed E-state index contributed by atoms with van der Waals surface area (Å²) in [6.07, 6.45) is 6.23. The van der Waals surface area contributed by atoms with Gasteiger partial charge in [-0.2, -0.15) is 0 Å². The summed E-state index contributed by atoms with van der Waals surface area (Å²) in [7, 11) is 1.58. The Morgan fingerprint density at radius 2 is 1.89 bits per heavy atom. The van der Waals surface area contributed by atoms with E-state index in [1.54, 1.807) is 36.7 Å². The van der Waals surface area contributed by atoms with E-state index in [1.165, 1.54) is 18.4 Å². The van der Waals surface area contributed by atoms with Crippen LogP contribution in [-0.2, 0) is 11.3 Å². The second kappa shape index (κ2) is 10.8. The molecule has 0 spiro atoms. The Labute approximate surface area is 208 Å². The Morgan fingerprint density at radius 1 is 1.06 bits per heavy atom. The molecular weight excluding hydrogens is 460 g/mol. The van der Waals surface area contributed by atoms with Crippen LogP contribution in [0.3, 0.4) is 0 Å². The summed E-state index contributed by atoms with van der Waals surface area (Å²) in [5.41, 5.74) is 2.43. The molecule has 1 amide bonds. The van der Waals surface area contributed by atoms with Gasteiger partial charge in [-0.25, -0.2) is 4.98 Å². The summed E-state index contributed by atoms with van der Waals surface area (Å²) < 4.78 is 13.3.